The molecule has 0 fully saturated rings. The van der Waals surface area contributed by atoms with Gasteiger partial charge in [0.25, 0.3) is 0 Å². The molecular weight excluding hydrogens is 302 g/mol. The van der Waals surface area contributed by atoms with E-state index in [9.17, 15) is 0 Å². The zero-order chi connectivity index (χ0) is 17.1. The summed E-state index contributed by atoms with van der Waals surface area (Å²) in [5.74, 6) is 2.03. The zero-order valence-corrected chi connectivity index (χ0v) is 14.8. The molecule has 1 N–H and O–H groups in total. The van der Waals surface area contributed by atoms with E-state index in [-0.39, 0.29) is 5.92 Å². The van der Waals surface area contributed by atoms with Crippen molar-refractivity contribution >= 4 is 16.9 Å². The Balaban J connectivity index is 1.84. The van der Waals surface area contributed by atoms with Gasteiger partial charge < -0.3 is 9.88 Å². The van der Waals surface area contributed by atoms with E-state index in [1.165, 1.54) is 0 Å². The van der Waals surface area contributed by atoms with E-state index in [1.54, 1.807) is 6.20 Å². The number of nitrogens with one attached hydrogen (secondary N) is 1. The van der Waals surface area contributed by atoms with Gasteiger partial charge in [0.2, 0.25) is 0 Å². The number of hydrogen-bond donors (Lipinski definition) is 1. The van der Waals surface area contributed by atoms with Gasteiger partial charge >= 0.3 is 0 Å². The maximum Gasteiger partial charge on any atom is 0.156 e. The van der Waals surface area contributed by atoms with Crippen molar-refractivity contribution in [3.05, 3.63) is 30.2 Å². The Labute approximate surface area is 142 Å². The number of fused-ring (bicyclic) bond motifs is 1. The number of aromatic nitrogens is 6. The van der Waals surface area contributed by atoms with Crippen molar-refractivity contribution in [3.63, 3.8) is 0 Å². The van der Waals surface area contributed by atoms with Crippen molar-refractivity contribution in [1.82, 2.24) is 29.3 Å². The predicted octanol–water partition coefficient (Wildman–Crippen LogP) is 2.98. The van der Waals surface area contributed by atoms with Gasteiger partial charge in [-0.15, -0.1) is 0 Å². The molecule has 7 nitrogen and oxygen atoms in total. The van der Waals surface area contributed by atoms with Crippen LogP contribution in [0.5, 0.6) is 0 Å². The lowest BCUT2D eigenvalue weighted by Crippen LogP contribution is -2.11. The highest BCUT2D eigenvalue weighted by molar-refractivity contribution is 5.87. The average molecular weight is 327 g/mol. The minimum absolute atomic E-state index is 0.283. The molecule has 24 heavy (non-hydrogen) atoms. The van der Waals surface area contributed by atoms with Gasteiger partial charge in [-0.2, -0.15) is 5.10 Å². The molecule has 0 radical (unpaired) electrons. The smallest absolute Gasteiger partial charge is 0.156 e. The summed E-state index contributed by atoms with van der Waals surface area (Å²) in [6, 6.07) is 0. The van der Waals surface area contributed by atoms with E-state index in [1.807, 2.05) is 24.1 Å². The van der Waals surface area contributed by atoms with Gasteiger partial charge in [-0.3, -0.25) is 4.68 Å². The maximum atomic E-state index is 4.75. The van der Waals surface area contributed by atoms with Gasteiger partial charge in [-0.25, -0.2) is 15.0 Å². The number of hydrogen-bond acceptors (Lipinski definition) is 5. The second kappa shape index (κ2) is 6.98. The second-order valence-corrected chi connectivity index (χ2v) is 6.26. The van der Waals surface area contributed by atoms with Crippen LogP contribution in [0.4, 0.5) is 5.82 Å². The van der Waals surface area contributed by atoms with E-state index in [0.717, 1.165) is 54.4 Å². The molecule has 0 aromatic carbocycles. The first-order valence-corrected chi connectivity index (χ1v) is 8.54. The largest absolute Gasteiger partial charge is 0.368 e. The summed E-state index contributed by atoms with van der Waals surface area (Å²) >= 11 is 0. The maximum absolute atomic E-state index is 4.75. The highest BCUT2D eigenvalue weighted by Gasteiger charge is 2.17. The van der Waals surface area contributed by atoms with E-state index in [4.69, 9.17) is 9.97 Å². The van der Waals surface area contributed by atoms with Crippen LogP contribution in [0.25, 0.3) is 11.0 Å². The molecule has 0 saturated carbocycles. The van der Waals surface area contributed by atoms with E-state index in [2.05, 4.69) is 40.7 Å². The summed E-state index contributed by atoms with van der Waals surface area (Å²) in [4.78, 5) is 13.5. The van der Waals surface area contributed by atoms with Crippen molar-refractivity contribution in [3.8, 4) is 0 Å². The molecule has 0 aliphatic heterocycles. The minimum atomic E-state index is 0.283. The van der Waals surface area contributed by atoms with E-state index >= 15 is 0 Å². The monoisotopic (exact) mass is 327 g/mol. The molecule has 0 aliphatic carbocycles. The van der Waals surface area contributed by atoms with Crippen LogP contribution in [0.1, 0.15) is 44.6 Å². The first-order valence-electron chi connectivity index (χ1n) is 8.54. The molecule has 0 amide bonds. The molecule has 0 aliphatic rings. The normalized spacial score (nSPS) is 11.5. The molecule has 0 saturated heterocycles. The lowest BCUT2D eigenvalue weighted by Gasteiger charge is -2.12. The fourth-order valence-corrected chi connectivity index (χ4v) is 2.75. The first kappa shape index (κ1) is 16.4. The Morgan fingerprint density at radius 3 is 2.75 bits per heavy atom. The van der Waals surface area contributed by atoms with Gasteiger partial charge in [0, 0.05) is 37.9 Å². The van der Waals surface area contributed by atoms with Crippen molar-refractivity contribution in [2.75, 3.05) is 11.9 Å². The number of nitrogens with zero attached hydrogens (tertiary/aromatic N) is 6. The summed E-state index contributed by atoms with van der Waals surface area (Å²) in [5, 5.41) is 8.09. The van der Waals surface area contributed by atoms with Crippen LogP contribution < -0.4 is 5.32 Å². The Hall–Kier alpha value is -2.44. The van der Waals surface area contributed by atoms with Crippen molar-refractivity contribution in [1.29, 1.82) is 0 Å². The van der Waals surface area contributed by atoms with Crippen LogP contribution >= 0.6 is 0 Å². The second-order valence-electron chi connectivity index (χ2n) is 6.26. The molecule has 7 heteroatoms. The van der Waals surface area contributed by atoms with E-state index < -0.39 is 0 Å². The summed E-state index contributed by atoms with van der Waals surface area (Å²) in [5.41, 5.74) is 2.91. The summed E-state index contributed by atoms with van der Waals surface area (Å²) in [7, 11) is 0. The summed E-state index contributed by atoms with van der Waals surface area (Å²) < 4.78 is 4.06. The molecule has 3 heterocycles. The highest BCUT2D eigenvalue weighted by Crippen LogP contribution is 2.25. The number of imidazole rings is 1. The first-order chi connectivity index (χ1) is 11.6. The van der Waals surface area contributed by atoms with Crippen LogP contribution in [0, 0.1) is 6.92 Å². The summed E-state index contributed by atoms with van der Waals surface area (Å²) in [6.07, 6.45) is 6.63. The Morgan fingerprint density at radius 2 is 2.08 bits per heavy atom. The zero-order valence-electron chi connectivity index (χ0n) is 14.8. The van der Waals surface area contributed by atoms with Crippen molar-refractivity contribution < 1.29 is 0 Å². The number of anilines is 1. The molecule has 3 aromatic rings. The number of aryl methyl sites for hydroxylation is 3. The molecule has 3 rings (SSSR count). The van der Waals surface area contributed by atoms with Gasteiger partial charge in [0.05, 0.1) is 12.0 Å². The van der Waals surface area contributed by atoms with Crippen LogP contribution in [0.15, 0.2) is 18.7 Å². The summed E-state index contributed by atoms with van der Waals surface area (Å²) in [6.45, 7) is 10.9. The van der Waals surface area contributed by atoms with Crippen molar-refractivity contribution in [2.45, 2.75) is 53.1 Å². The third-order valence-corrected chi connectivity index (χ3v) is 4.03. The molecule has 128 valence electrons. The van der Waals surface area contributed by atoms with Crippen LogP contribution in [0.3, 0.4) is 0 Å². The third kappa shape index (κ3) is 3.25. The average Bonchev–Trinajstić information content (AvgIpc) is 3.19. The minimum Gasteiger partial charge on any atom is -0.368 e. The Bertz CT molecular complexity index is 802. The topological polar surface area (TPSA) is 73.5 Å². The Morgan fingerprint density at radius 1 is 1.25 bits per heavy atom. The van der Waals surface area contributed by atoms with Crippen molar-refractivity contribution in [2.24, 2.45) is 0 Å². The standard InChI is InChI=1S/C17H25N7/c1-5-24-15-14(13(4)22-24)20-16(12(2)3)21-17(15)19-7-6-9-23-10-8-18-11-23/h8,10-12H,5-7,9H2,1-4H3,(H,19,20,21). The molecule has 3 aromatic heterocycles. The van der Waals surface area contributed by atoms with Gasteiger partial charge in [0.1, 0.15) is 16.9 Å². The SMILES string of the molecule is CCn1nc(C)c2nc(C(C)C)nc(NCCCn3ccnc3)c21. The fraction of sp³-hybridized carbons (Fsp3) is 0.529. The van der Waals surface area contributed by atoms with Crippen LogP contribution in [-0.4, -0.2) is 35.8 Å². The molecule has 0 unspecified atom stereocenters. The van der Waals surface area contributed by atoms with Crippen LogP contribution in [-0.2, 0) is 13.1 Å². The predicted molar refractivity (Wildman–Crippen MR) is 95.2 cm³/mol. The lowest BCUT2D eigenvalue weighted by molar-refractivity contribution is 0.657. The van der Waals surface area contributed by atoms with Gasteiger partial charge in [0.15, 0.2) is 5.82 Å². The van der Waals surface area contributed by atoms with E-state index in [0.29, 0.717) is 0 Å². The third-order valence-electron chi connectivity index (χ3n) is 4.03. The van der Waals surface area contributed by atoms with Gasteiger partial charge in [-0.05, 0) is 20.3 Å². The quantitative estimate of drug-likeness (QED) is 0.675. The van der Waals surface area contributed by atoms with Crippen LogP contribution in [0.2, 0.25) is 0 Å². The molecule has 0 atom stereocenters. The Kier molecular flexibility index (Phi) is 4.78. The highest BCUT2D eigenvalue weighted by atomic mass is 15.3. The molecule has 0 spiro atoms. The lowest BCUT2D eigenvalue weighted by atomic mass is 10.2. The molecule has 0 bridgehead atoms. The van der Waals surface area contributed by atoms with Gasteiger partial charge in [-0.1, -0.05) is 13.8 Å². The molecular formula is C17H25N7. The number of rotatable bonds is 7. The fourth-order valence-electron chi connectivity index (χ4n) is 2.75.